The third kappa shape index (κ3) is 3.36. The van der Waals surface area contributed by atoms with Crippen molar-refractivity contribution in [2.45, 2.75) is 4.90 Å². The number of nitrogens with zero attached hydrogens (tertiary/aromatic N) is 1. The van der Waals surface area contributed by atoms with Crippen LogP contribution in [0.3, 0.4) is 0 Å². The molecule has 104 valence electrons. The van der Waals surface area contributed by atoms with Gasteiger partial charge < -0.3 is 4.74 Å². The second kappa shape index (κ2) is 6.21. The summed E-state index contributed by atoms with van der Waals surface area (Å²) in [6, 6.07) is 15.6. The summed E-state index contributed by atoms with van der Waals surface area (Å²) in [6.07, 6.45) is 1.44. The number of hydrogen-bond acceptors (Lipinski definition) is 4. The minimum atomic E-state index is -3.75. The first kappa shape index (κ1) is 14.1. The van der Waals surface area contributed by atoms with Gasteiger partial charge in [-0.2, -0.15) is 18.4 Å². The number of rotatable bonds is 5. The molecule has 0 aliphatic carbocycles. The normalized spacial score (nSPS) is 11.4. The molecule has 0 bridgehead atoms. The van der Waals surface area contributed by atoms with Crippen LogP contribution in [0.1, 0.15) is 5.56 Å². The van der Waals surface area contributed by atoms with Gasteiger partial charge in [-0.3, -0.25) is 0 Å². The number of hydrazone groups is 1. The quantitative estimate of drug-likeness (QED) is 0.676. The van der Waals surface area contributed by atoms with Crippen LogP contribution in [0, 0.1) is 0 Å². The van der Waals surface area contributed by atoms with E-state index in [0.717, 1.165) is 5.56 Å². The summed E-state index contributed by atoms with van der Waals surface area (Å²) in [5.41, 5.74) is 0.801. The first-order chi connectivity index (χ1) is 9.63. The zero-order chi connectivity index (χ0) is 14.4. The lowest BCUT2D eigenvalue weighted by Gasteiger charge is -2.08. The Bertz CT molecular complexity index is 697. The van der Waals surface area contributed by atoms with Gasteiger partial charge in [-0.25, -0.2) is 0 Å². The molecule has 0 aliphatic heterocycles. The van der Waals surface area contributed by atoms with Crippen molar-refractivity contribution in [1.82, 2.24) is 4.83 Å². The molecular weight excluding hydrogens is 276 g/mol. The predicted molar refractivity (Wildman–Crippen MR) is 77.4 cm³/mol. The van der Waals surface area contributed by atoms with Crippen molar-refractivity contribution < 1.29 is 13.2 Å². The number of hydrogen-bond donors (Lipinski definition) is 1. The van der Waals surface area contributed by atoms with Crippen LogP contribution in [0.25, 0.3) is 0 Å². The molecule has 2 rings (SSSR count). The summed E-state index contributed by atoms with van der Waals surface area (Å²) >= 11 is 0. The van der Waals surface area contributed by atoms with E-state index in [4.69, 9.17) is 4.74 Å². The second-order valence-corrected chi connectivity index (χ2v) is 5.54. The Labute approximate surface area is 118 Å². The van der Waals surface area contributed by atoms with Crippen LogP contribution in [-0.4, -0.2) is 21.7 Å². The van der Waals surface area contributed by atoms with Crippen LogP contribution < -0.4 is 9.57 Å². The van der Waals surface area contributed by atoms with E-state index in [1.807, 2.05) is 30.3 Å². The Morgan fingerprint density at radius 2 is 1.70 bits per heavy atom. The minimum Gasteiger partial charge on any atom is -0.495 e. The number of sulfonamides is 1. The van der Waals surface area contributed by atoms with Crippen molar-refractivity contribution in [3.8, 4) is 5.75 Å². The summed E-state index contributed by atoms with van der Waals surface area (Å²) in [7, 11) is -2.33. The van der Waals surface area contributed by atoms with E-state index in [0.29, 0.717) is 0 Å². The predicted octanol–water partition coefficient (Wildman–Crippen LogP) is 2.01. The maximum atomic E-state index is 12.1. The summed E-state index contributed by atoms with van der Waals surface area (Å²) in [4.78, 5) is 2.21. The molecule has 0 aliphatic rings. The molecule has 0 aromatic heterocycles. The number of nitrogens with one attached hydrogen (secondary N) is 1. The van der Waals surface area contributed by atoms with Crippen LogP contribution in [0.5, 0.6) is 5.75 Å². The highest BCUT2D eigenvalue weighted by Gasteiger charge is 2.17. The molecule has 20 heavy (non-hydrogen) atoms. The van der Waals surface area contributed by atoms with E-state index < -0.39 is 10.0 Å². The molecule has 0 radical (unpaired) electrons. The number of methoxy groups -OCH3 is 1. The number of para-hydroxylation sites is 1. The van der Waals surface area contributed by atoms with Crippen molar-refractivity contribution in [2.75, 3.05) is 7.11 Å². The van der Waals surface area contributed by atoms with Crippen molar-refractivity contribution >= 4 is 16.2 Å². The third-order valence-electron chi connectivity index (χ3n) is 2.54. The van der Waals surface area contributed by atoms with Gasteiger partial charge >= 0.3 is 0 Å². The van der Waals surface area contributed by atoms with E-state index in [-0.39, 0.29) is 10.6 Å². The van der Waals surface area contributed by atoms with Crippen molar-refractivity contribution in [2.24, 2.45) is 5.10 Å². The zero-order valence-electron chi connectivity index (χ0n) is 10.9. The molecule has 0 atom stereocenters. The molecule has 0 spiro atoms. The molecule has 0 saturated heterocycles. The fourth-order valence-electron chi connectivity index (χ4n) is 1.60. The molecule has 6 heteroatoms. The number of ether oxygens (including phenoxy) is 1. The molecule has 5 nitrogen and oxygen atoms in total. The Morgan fingerprint density at radius 1 is 1.05 bits per heavy atom. The average molecular weight is 290 g/mol. The Balaban J connectivity index is 2.18. The monoisotopic (exact) mass is 290 g/mol. The minimum absolute atomic E-state index is 0.0488. The molecular formula is C14H14N2O3S. The van der Waals surface area contributed by atoms with Gasteiger partial charge in [0.15, 0.2) is 0 Å². The van der Waals surface area contributed by atoms with Crippen LogP contribution in [-0.2, 0) is 10.0 Å². The fraction of sp³-hybridized carbons (Fsp3) is 0.0714. The fourth-order valence-corrected chi connectivity index (χ4v) is 2.56. The van der Waals surface area contributed by atoms with Gasteiger partial charge in [-0.1, -0.05) is 42.5 Å². The van der Waals surface area contributed by atoms with E-state index in [9.17, 15) is 8.42 Å². The molecule has 2 aromatic rings. The van der Waals surface area contributed by atoms with Gasteiger partial charge in [-0.15, -0.1) is 0 Å². The first-order valence-electron chi connectivity index (χ1n) is 5.86. The van der Waals surface area contributed by atoms with E-state index in [1.165, 1.54) is 19.4 Å². The highest BCUT2D eigenvalue weighted by molar-refractivity contribution is 7.89. The molecule has 0 unspecified atom stereocenters. The van der Waals surface area contributed by atoms with E-state index in [2.05, 4.69) is 9.93 Å². The SMILES string of the molecule is COc1ccccc1S(=O)(=O)NN=Cc1ccccc1. The Kier molecular flexibility index (Phi) is 4.37. The Morgan fingerprint density at radius 3 is 2.40 bits per heavy atom. The standard InChI is InChI=1S/C14H14N2O3S/c1-19-13-9-5-6-10-14(13)20(17,18)16-15-11-12-7-3-2-4-8-12/h2-11,16H,1H3. The third-order valence-corrected chi connectivity index (χ3v) is 3.81. The maximum Gasteiger partial charge on any atom is 0.280 e. The van der Waals surface area contributed by atoms with Gasteiger partial charge in [0.1, 0.15) is 10.6 Å². The zero-order valence-corrected chi connectivity index (χ0v) is 11.7. The van der Waals surface area contributed by atoms with Gasteiger partial charge in [0.05, 0.1) is 13.3 Å². The topological polar surface area (TPSA) is 67.8 Å². The molecule has 0 fully saturated rings. The second-order valence-electron chi connectivity index (χ2n) is 3.91. The highest BCUT2D eigenvalue weighted by Crippen LogP contribution is 2.22. The molecule has 0 saturated carbocycles. The lowest BCUT2D eigenvalue weighted by atomic mass is 10.2. The summed E-state index contributed by atoms with van der Waals surface area (Å²) in [6.45, 7) is 0. The smallest absolute Gasteiger partial charge is 0.280 e. The molecule has 0 heterocycles. The van der Waals surface area contributed by atoms with Gasteiger partial charge in [-0.05, 0) is 17.7 Å². The number of benzene rings is 2. The highest BCUT2D eigenvalue weighted by atomic mass is 32.2. The van der Waals surface area contributed by atoms with Crippen LogP contribution in [0.15, 0.2) is 64.6 Å². The average Bonchev–Trinajstić information content (AvgIpc) is 2.48. The molecule has 1 N–H and O–H groups in total. The van der Waals surface area contributed by atoms with Gasteiger partial charge in [0.25, 0.3) is 10.0 Å². The van der Waals surface area contributed by atoms with E-state index >= 15 is 0 Å². The van der Waals surface area contributed by atoms with Crippen LogP contribution in [0.2, 0.25) is 0 Å². The van der Waals surface area contributed by atoms with Crippen LogP contribution in [0.4, 0.5) is 0 Å². The van der Waals surface area contributed by atoms with Crippen molar-refractivity contribution in [3.05, 3.63) is 60.2 Å². The van der Waals surface area contributed by atoms with Crippen LogP contribution >= 0.6 is 0 Å². The van der Waals surface area contributed by atoms with Gasteiger partial charge in [0, 0.05) is 0 Å². The summed E-state index contributed by atoms with van der Waals surface area (Å²) < 4.78 is 29.2. The first-order valence-corrected chi connectivity index (χ1v) is 7.35. The summed E-state index contributed by atoms with van der Waals surface area (Å²) in [5.74, 6) is 0.273. The molecule has 2 aromatic carbocycles. The summed E-state index contributed by atoms with van der Waals surface area (Å²) in [5, 5.41) is 3.75. The van der Waals surface area contributed by atoms with Crippen molar-refractivity contribution in [1.29, 1.82) is 0 Å². The Hall–Kier alpha value is -2.34. The van der Waals surface area contributed by atoms with E-state index in [1.54, 1.807) is 18.2 Å². The lowest BCUT2D eigenvalue weighted by molar-refractivity contribution is 0.402. The lowest BCUT2D eigenvalue weighted by Crippen LogP contribution is -2.19. The largest absolute Gasteiger partial charge is 0.495 e. The van der Waals surface area contributed by atoms with Gasteiger partial charge in [0.2, 0.25) is 0 Å². The van der Waals surface area contributed by atoms with Crippen molar-refractivity contribution in [3.63, 3.8) is 0 Å². The maximum absolute atomic E-state index is 12.1. The molecule has 0 amide bonds.